The molecule has 4 aromatic rings. The monoisotopic (exact) mass is 463 g/mol. The molecule has 0 aliphatic heterocycles. The molecule has 30 heavy (non-hydrogen) atoms. The molecule has 0 saturated heterocycles. The average molecular weight is 464 g/mol. The Morgan fingerprint density at radius 2 is 1.90 bits per heavy atom. The Bertz CT molecular complexity index is 1220. The summed E-state index contributed by atoms with van der Waals surface area (Å²) in [5.74, 6) is 1.55. The Hall–Kier alpha value is -3.19. The highest BCUT2D eigenvalue weighted by Crippen LogP contribution is 2.23. The van der Waals surface area contributed by atoms with Gasteiger partial charge in [-0.15, -0.1) is 0 Å². The number of hydrogen-bond acceptors (Lipinski definition) is 3. The molecule has 0 fully saturated rings. The van der Waals surface area contributed by atoms with Gasteiger partial charge in [-0.1, -0.05) is 22.0 Å². The Morgan fingerprint density at radius 1 is 1.07 bits per heavy atom. The van der Waals surface area contributed by atoms with Gasteiger partial charge in [-0.25, -0.2) is 9.97 Å². The lowest BCUT2D eigenvalue weighted by molar-refractivity contribution is 0.0950. The van der Waals surface area contributed by atoms with Crippen LogP contribution in [0.15, 0.2) is 65.5 Å². The number of amides is 1. The van der Waals surface area contributed by atoms with Crippen LogP contribution in [0.1, 0.15) is 33.1 Å². The van der Waals surface area contributed by atoms with Gasteiger partial charge in [0.05, 0.1) is 5.56 Å². The van der Waals surface area contributed by atoms with E-state index in [2.05, 4.69) is 35.8 Å². The van der Waals surface area contributed by atoms with Crippen molar-refractivity contribution in [2.75, 3.05) is 0 Å². The second-order valence-electron chi connectivity index (χ2n) is 7.15. The van der Waals surface area contributed by atoms with Crippen molar-refractivity contribution in [3.8, 4) is 11.5 Å². The second kappa shape index (κ2) is 8.28. The largest absolute Gasteiger partial charge is 0.348 e. The number of imidazole rings is 1. The minimum Gasteiger partial charge on any atom is -0.348 e. The normalized spacial score (nSPS) is 10.9. The zero-order valence-corrected chi connectivity index (χ0v) is 18.6. The fourth-order valence-electron chi connectivity index (χ4n) is 3.61. The first-order valence-electron chi connectivity index (χ1n) is 9.62. The lowest BCUT2D eigenvalue weighted by Gasteiger charge is -2.11. The SMILES string of the molecule is Cc1nccn1-c1cc(CNC(=O)c2cc(C)n(-c3cccc(Br)c3)c2C)ccn1. The van der Waals surface area contributed by atoms with E-state index in [1.807, 2.05) is 74.0 Å². The molecule has 3 heterocycles. The van der Waals surface area contributed by atoms with E-state index in [0.717, 1.165) is 38.8 Å². The molecule has 0 aliphatic carbocycles. The lowest BCUT2D eigenvalue weighted by Crippen LogP contribution is -2.23. The summed E-state index contributed by atoms with van der Waals surface area (Å²) < 4.78 is 5.00. The molecule has 7 heteroatoms. The number of nitrogens with zero attached hydrogens (tertiary/aromatic N) is 4. The van der Waals surface area contributed by atoms with Crippen molar-refractivity contribution < 1.29 is 4.79 Å². The molecule has 0 unspecified atom stereocenters. The highest BCUT2D eigenvalue weighted by atomic mass is 79.9. The molecule has 0 bridgehead atoms. The fraction of sp³-hybridized carbons (Fsp3) is 0.174. The second-order valence-corrected chi connectivity index (χ2v) is 8.07. The number of aromatic nitrogens is 4. The van der Waals surface area contributed by atoms with Crippen LogP contribution in [-0.4, -0.2) is 25.0 Å². The van der Waals surface area contributed by atoms with Gasteiger partial charge < -0.3 is 9.88 Å². The van der Waals surface area contributed by atoms with E-state index >= 15 is 0 Å². The van der Waals surface area contributed by atoms with E-state index in [-0.39, 0.29) is 5.91 Å². The Balaban J connectivity index is 1.53. The molecule has 152 valence electrons. The predicted molar refractivity (Wildman–Crippen MR) is 120 cm³/mol. The summed E-state index contributed by atoms with van der Waals surface area (Å²) in [6.45, 7) is 6.32. The number of benzene rings is 1. The summed E-state index contributed by atoms with van der Waals surface area (Å²) in [4.78, 5) is 21.5. The third kappa shape index (κ3) is 3.93. The van der Waals surface area contributed by atoms with Gasteiger partial charge in [0.25, 0.3) is 5.91 Å². The molecule has 0 spiro atoms. The maximum Gasteiger partial charge on any atom is 0.253 e. The third-order valence-electron chi connectivity index (χ3n) is 5.08. The highest BCUT2D eigenvalue weighted by Gasteiger charge is 2.17. The molecule has 0 aliphatic rings. The van der Waals surface area contributed by atoms with Crippen molar-refractivity contribution in [3.05, 3.63) is 93.9 Å². The molecule has 0 radical (unpaired) electrons. The van der Waals surface area contributed by atoms with Crippen molar-refractivity contribution in [2.24, 2.45) is 0 Å². The maximum absolute atomic E-state index is 12.9. The number of halogens is 1. The first-order valence-corrected chi connectivity index (χ1v) is 10.4. The Labute approximate surface area is 183 Å². The van der Waals surface area contributed by atoms with E-state index in [1.165, 1.54) is 0 Å². The van der Waals surface area contributed by atoms with Crippen LogP contribution in [0.4, 0.5) is 0 Å². The van der Waals surface area contributed by atoms with Gasteiger partial charge in [-0.2, -0.15) is 0 Å². The Kier molecular flexibility index (Phi) is 5.55. The molecule has 0 saturated carbocycles. The highest BCUT2D eigenvalue weighted by molar-refractivity contribution is 9.10. The van der Waals surface area contributed by atoms with Crippen molar-refractivity contribution in [2.45, 2.75) is 27.3 Å². The van der Waals surface area contributed by atoms with Crippen molar-refractivity contribution in [3.63, 3.8) is 0 Å². The van der Waals surface area contributed by atoms with Crippen molar-refractivity contribution in [1.29, 1.82) is 0 Å². The maximum atomic E-state index is 12.9. The smallest absolute Gasteiger partial charge is 0.253 e. The summed E-state index contributed by atoms with van der Waals surface area (Å²) in [5.41, 5.74) is 4.59. The molecule has 0 atom stereocenters. The van der Waals surface area contributed by atoms with Gasteiger partial charge >= 0.3 is 0 Å². The number of nitrogens with one attached hydrogen (secondary N) is 1. The van der Waals surface area contributed by atoms with Crippen LogP contribution in [0, 0.1) is 20.8 Å². The van der Waals surface area contributed by atoms with Gasteiger partial charge in [0.15, 0.2) is 0 Å². The molecule has 1 aromatic carbocycles. The van der Waals surface area contributed by atoms with E-state index in [4.69, 9.17) is 0 Å². The third-order valence-corrected chi connectivity index (χ3v) is 5.57. The molecule has 4 rings (SSSR count). The van der Waals surface area contributed by atoms with Crippen LogP contribution in [0.2, 0.25) is 0 Å². The van der Waals surface area contributed by atoms with Crippen LogP contribution < -0.4 is 5.32 Å². The summed E-state index contributed by atoms with van der Waals surface area (Å²) in [5, 5.41) is 3.03. The quantitative estimate of drug-likeness (QED) is 0.467. The summed E-state index contributed by atoms with van der Waals surface area (Å²) in [6.07, 6.45) is 5.36. The standard InChI is InChI=1S/C23H22BrN5O/c1-15-11-21(16(2)29(15)20-6-4-5-19(24)13-20)23(30)27-14-18-7-8-26-22(12-18)28-10-9-25-17(28)3/h4-13H,14H2,1-3H3,(H,27,30). The number of hydrogen-bond donors (Lipinski definition) is 1. The lowest BCUT2D eigenvalue weighted by atomic mass is 10.2. The first kappa shape index (κ1) is 20.1. The molecule has 3 aromatic heterocycles. The summed E-state index contributed by atoms with van der Waals surface area (Å²) in [7, 11) is 0. The minimum atomic E-state index is -0.0958. The molecular weight excluding hydrogens is 442 g/mol. The van der Waals surface area contributed by atoms with Gasteiger partial charge in [0.1, 0.15) is 11.6 Å². The summed E-state index contributed by atoms with van der Waals surface area (Å²) >= 11 is 3.52. The number of rotatable bonds is 5. The topological polar surface area (TPSA) is 64.7 Å². The zero-order chi connectivity index (χ0) is 21.3. The number of carbonyl (C=O) groups is 1. The van der Waals surface area contributed by atoms with E-state index in [0.29, 0.717) is 12.1 Å². The molecular formula is C23H22BrN5O. The molecule has 1 amide bonds. The average Bonchev–Trinajstić information content (AvgIpc) is 3.29. The number of pyridine rings is 1. The predicted octanol–water partition coefficient (Wildman–Crippen LogP) is 4.68. The molecule has 1 N–H and O–H groups in total. The van der Waals surface area contributed by atoms with Gasteiger partial charge in [-0.05, 0) is 62.7 Å². The number of aryl methyl sites for hydroxylation is 2. The minimum absolute atomic E-state index is 0.0958. The van der Waals surface area contributed by atoms with E-state index in [9.17, 15) is 4.79 Å². The van der Waals surface area contributed by atoms with Gasteiger partial charge in [0.2, 0.25) is 0 Å². The summed E-state index contributed by atoms with van der Waals surface area (Å²) in [6, 6.07) is 13.8. The van der Waals surface area contributed by atoms with Crippen molar-refractivity contribution in [1.82, 2.24) is 24.4 Å². The van der Waals surface area contributed by atoms with E-state index in [1.54, 1.807) is 12.4 Å². The van der Waals surface area contributed by atoms with Crippen LogP contribution in [0.3, 0.4) is 0 Å². The van der Waals surface area contributed by atoms with Gasteiger partial charge in [0, 0.05) is 46.7 Å². The Morgan fingerprint density at radius 3 is 2.63 bits per heavy atom. The van der Waals surface area contributed by atoms with Gasteiger partial charge in [-0.3, -0.25) is 9.36 Å². The van der Waals surface area contributed by atoms with Crippen LogP contribution in [0.5, 0.6) is 0 Å². The zero-order valence-electron chi connectivity index (χ0n) is 17.1. The number of carbonyl (C=O) groups excluding carboxylic acids is 1. The van der Waals surface area contributed by atoms with Crippen LogP contribution in [-0.2, 0) is 6.54 Å². The van der Waals surface area contributed by atoms with E-state index < -0.39 is 0 Å². The first-order chi connectivity index (χ1) is 14.4. The van der Waals surface area contributed by atoms with Crippen LogP contribution >= 0.6 is 15.9 Å². The molecule has 6 nitrogen and oxygen atoms in total. The fourth-order valence-corrected chi connectivity index (χ4v) is 3.99. The van der Waals surface area contributed by atoms with Crippen molar-refractivity contribution >= 4 is 21.8 Å². The van der Waals surface area contributed by atoms with Crippen LogP contribution in [0.25, 0.3) is 11.5 Å².